The van der Waals surface area contributed by atoms with Crippen LogP contribution in [0.25, 0.3) is 10.9 Å². The molecule has 1 fully saturated rings. The highest BCUT2D eigenvalue weighted by atomic mass is 16.2. The van der Waals surface area contributed by atoms with Gasteiger partial charge in [0.15, 0.2) is 0 Å². The first-order chi connectivity index (χ1) is 15.5. The zero-order valence-corrected chi connectivity index (χ0v) is 18.7. The molecule has 1 amide bonds. The Bertz CT molecular complexity index is 1200. The average molecular weight is 434 g/mol. The molecule has 32 heavy (non-hydrogen) atoms. The Balaban J connectivity index is 1.51. The molecule has 6 heteroatoms. The summed E-state index contributed by atoms with van der Waals surface area (Å²) < 4.78 is 3.00. The van der Waals surface area contributed by atoms with Gasteiger partial charge in [0.05, 0.1) is 17.4 Å². The fraction of sp³-hybridized carbons (Fsp3) is 0.423. The lowest BCUT2D eigenvalue weighted by atomic mass is 10.1. The molecule has 0 bridgehead atoms. The molecule has 1 saturated carbocycles. The molecule has 0 saturated heterocycles. The van der Waals surface area contributed by atoms with Crippen molar-refractivity contribution in [1.29, 1.82) is 0 Å². The lowest BCUT2D eigenvalue weighted by Crippen LogP contribution is -2.40. The van der Waals surface area contributed by atoms with Crippen molar-refractivity contribution in [2.45, 2.75) is 71.0 Å². The third kappa shape index (κ3) is 5.01. The second-order valence-corrected chi connectivity index (χ2v) is 8.83. The Morgan fingerprint density at radius 3 is 2.44 bits per heavy atom. The highest BCUT2D eigenvalue weighted by Gasteiger charge is 2.17. The highest BCUT2D eigenvalue weighted by molar-refractivity contribution is 5.78. The molecule has 1 aliphatic carbocycles. The van der Waals surface area contributed by atoms with Gasteiger partial charge in [0.1, 0.15) is 0 Å². The summed E-state index contributed by atoms with van der Waals surface area (Å²) in [6, 6.07) is 15.6. The fourth-order valence-corrected chi connectivity index (χ4v) is 4.52. The van der Waals surface area contributed by atoms with Crippen molar-refractivity contribution in [3.63, 3.8) is 0 Å². The minimum atomic E-state index is -0.301. The lowest BCUT2D eigenvalue weighted by molar-refractivity contribution is -0.121. The molecular formula is C26H31N3O3. The Hall–Kier alpha value is -3.15. The molecule has 1 aliphatic rings. The van der Waals surface area contributed by atoms with E-state index in [1.54, 1.807) is 10.6 Å². The number of para-hydroxylation sites is 1. The largest absolute Gasteiger partial charge is 0.353 e. The molecule has 3 aromatic rings. The SMILES string of the molecule is Cc1ccc(Cn2c(=O)n(CCCCC(=O)NC3CCCC3)c(=O)c3ccccc32)cc1. The third-order valence-corrected chi connectivity index (χ3v) is 6.35. The van der Waals surface area contributed by atoms with Crippen molar-refractivity contribution in [3.8, 4) is 0 Å². The minimum absolute atomic E-state index is 0.0690. The number of benzene rings is 2. The summed E-state index contributed by atoms with van der Waals surface area (Å²) in [4.78, 5) is 38.5. The summed E-state index contributed by atoms with van der Waals surface area (Å²) in [6.45, 7) is 2.75. The number of aromatic nitrogens is 2. The minimum Gasteiger partial charge on any atom is -0.353 e. The molecule has 6 nitrogen and oxygen atoms in total. The average Bonchev–Trinajstić information content (AvgIpc) is 3.30. The predicted octanol–water partition coefficient (Wildman–Crippen LogP) is 3.75. The quantitative estimate of drug-likeness (QED) is 0.550. The molecule has 4 rings (SSSR count). The van der Waals surface area contributed by atoms with Crippen LogP contribution in [0.15, 0.2) is 58.1 Å². The second-order valence-electron chi connectivity index (χ2n) is 8.83. The zero-order valence-electron chi connectivity index (χ0n) is 18.7. The molecule has 168 valence electrons. The molecular weight excluding hydrogens is 402 g/mol. The van der Waals surface area contributed by atoms with Crippen LogP contribution in [0.5, 0.6) is 0 Å². The van der Waals surface area contributed by atoms with Crippen LogP contribution in [0.4, 0.5) is 0 Å². The summed E-state index contributed by atoms with van der Waals surface area (Å²) >= 11 is 0. The third-order valence-electron chi connectivity index (χ3n) is 6.35. The molecule has 1 heterocycles. The van der Waals surface area contributed by atoms with Gasteiger partial charge < -0.3 is 5.32 Å². The fourth-order valence-electron chi connectivity index (χ4n) is 4.52. The number of hydrogen-bond donors (Lipinski definition) is 1. The molecule has 1 aromatic heterocycles. The molecule has 0 radical (unpaired) electrons. The summed E-state index contributed by atoms with van der Waals surface area (Å²) in [5.41, 5.74) is 2.26. The summed E-state index contributed by atoms with van der Waals surface area (Å²) in [7, 11) is 0. The number of amides is 1. The van der Waals surface area contributed by atoms with Crippen LogP contribution in [-0.4, -0.2) is 21.1 Å². The van der Waals surface area contributed by atoms with Gasteiger partial charge in [0.25, 0.3) is 5.56 Å². The summed E-state index contributed by atoms with van der Waals surface area (Å²) in [5, 5.41) is 3.63. The van der Waals surface area contributed by atoms with Gasteiger partial charge in [-0.2, -0.15) is 0 Å². The van der Waals surface area contributed by atoms with Crippen molar-refractivity contribution < 1.29 is 4.79 Å². The van der Waals surface area contributed by atoms with Gasteiger partial charge in [0, 0.05) is 19.0 Å². The van der Waals surface area contributed by atoms with E-state index in [2.05, 4.69) is 5.32 Å². The summed E-state index contributed by atoms with van der Waals surface area (Å²) in [5.74, 6) is 0.0690. The van der Waals surface area contributed by atoms with E-state index in [9.17, 15) is 14.4 Å². The van der Waals surface area contributed by atoms with Crippen molar-refractivity contribution in [2.24, 2.45) is 0 Å². The van der Waals surface area contributed by atoms with Gasteiger partial charge in [-0.25, -0.2) is 4.79 Å². The van der Waals surface area contributed by atoms with Gasteiger partial charge >= 0.3 is 5.69 Å². The van der Waals surface area contributed by atoms with E-state index < -0.39 is 0 Å². The lowest BCUT2D eigenvalue weighted by Gasteiger charge is -2.15. The van der Waals surface area contributed by atoms with Crippen molar-refractivity contribution in [2.75, 3.05) is 0 Å². The normalized spacial score (nSPS) is 14.2. The molecule has 0 atom stereocenters. The van der Waals surface area contributed by atoms with Crippen LogP contribution in [0.1, 0.15) is 56.1 Å². The second kappa shape index (κ2) is 9.98. The van der Waals surface area contributed by atoms with Gasteiger partial charge in [-0.1, -0.05) is 54.8 Å². The van der Waals surface area contributed by atoms with Crippen molar-refractivity contribution in [3.05, 3.63) is 80.5 Å². The summed E-state index contributed by atoms with van der Waals surface area (Å²) in [6.07, 6.45) is 6.19. The molecule has 1 N–H and O–H groups in total. The number of hydrogen-bond acceptors (Lipinski definition) is 3. The number of carbonyl (C=O) groups is 1. The maximum atomic E-state index is 13.3. The first-order valence-electron chi connectivity index (χ1n) is 11.6. The number of fused-ring (bicyclic) bond motifs is 1. The Morgan fingerprint density at radius 2 is 1.69 bits per heavy atom. The van der Waals surface area contributed by atoms with Gasteiger partial charge in [-0.3, -0.25) is 18.7 Å². The molecule has 0 unspecified atom stereocenters. The number of carbonyl (C=O) groups excluding carboxylic acids is 1. The Kier molecular flexibility index (Phi) is 6.88. The topological polar surface area (TPSA) is 73.1 Å². The Labute approximate surface area is 187 Å². The van der Waals surface area contributed by atoms with Crippen LogP contribution in [0.3, 0.4) is 0 Å². The molecule has 2 aromatic carbocycles. The van der Waals surface area contributed by atoms with Gasteiger partial charge in [-0.15, -0.1) is 0 Å². The van der Waals surface area contributed by atoms with Crippen LogP contribution in [-0.2, 0) is 17.9 Å². The number of rotatable bonds is 8. The van der Waals surface area contributed by atoms with E-state index in [-0.39, 0.29) is 17.2 Å². The molecule has 0 aliphatic heterocycles. The van der Waals surface area contributed by atoms with E-state index in [1.165, 1.54) is 17.4 Å². The number of aryl methyl sites for hydroxylation is 1. The van der Waals surface area contributed by atoms with Crippen molar-refractivity contribution in [1.82, 2.24) is 14.5 Å². The van der Waals surface area contributed by atoms with Crippen LogP contribution in [0.2, 0.25) is 0 Å². The monoisotopic (exact) mass is 433 g/mol. The number of nitrogens with zero attached hydrogens (tertiary/aromatic N) is 2. The standard InChI is InChI=1S/C26H31N3O3/c1-19-13-15-20(16-14-19)18-29-23-11-5-4-10-22(23)25(31)28(26(29)32)17-7-6-12-24(30)27-21-8-2-3-9-21/h4-5,10-11,13-16,21H,2-3,6-9,12,17-18H2,1H3,(H,27,30). The van der Waals surface area contributed by atoms with E-state index in [0.29, 0.717) is 49.3 Å². The van der Waals surface area contributed by atoms with Crippen LogP contribution in [0, 0.1) is 6.92 Å². The van der Waals surface area contributed by atoms with Gasteiger partial charge in [0.2, 0.25) is 5.91 Å². The highest BCUT2D eigenvalue weighted by Crippen LogP contribution is 2.18. The zero-order chi connectivity index (χ0) is 22.5. The Morgan fingerprint density at radius 1 is 0.969 bits per heavy atom. The maximum absolute atomic E-state index is 13.3. The smallest absolute Gasteiger partial charge is 0.331 e. The van der Waals surface area contributed by atoms with Crippen molar-refractivity contribution >= 4 is 16.8 Å². The first kappa shape index (κ1) is 22.1. The predicted molar refractivity (Wildman–Crippen MR) is 127 cm³/mol. The number of unbranched alkanes of at least 4 members (excludes halogenated alkanes) is 1. The van der Waals surface area contributed by atoms with Crippen LogP contribution >= 0.6 is 0 Å². The number of nitrogens with one attached hydrogen (secondary N) is 1. The van der Waals surface area contributed by atoms with E-state index in [1.807, 2.05) is 49.4 Å². The van der Waals surface area contributed by atoms with E-state index in [4.69, 9.17) is 0 Å². The van der Waals surface area contributed by atoms with E-state index in [0.717, 1.165) is 24.0 Å². The molecule has 0 spiro atoms. The maximum Gasteiger partial charge on any atom is 0.331 e. The van der Waals surface area contributed by atoms with Crippen LogP contribution < -0.4 is 16.6 Å². The first-order valence-corrected chi connectivity index (χ1v) is 11.6. The van der Waals surface area contributed by atoms with E-state index >= 15 is 0 Å². The van der Waals surface area contributed by atoms with Gasteiger partial charge in [-0.05, 0) is 50.3 Å².